The molecule has 0 aromatic carbocycles. The number of primary amides is 1. The third kappa shape index (κ3) is 8.52. The molecule has 32 heavy (non-hydrogen) atoms. The molecular weight excluding hydrogens is 446 g/mol. The number of aliphatic carboxylic acids is 1. The Kier molecular flexibility index (Phi) is 10.6. The number of nitrogens with one attached hydrogen (secondary N) is 4. The number of hydrogen-bond acceptors (Lipinski definition) is 9. The van der Waals surface area contributed by atoms with E-state index in [2.05, 4.69) is 38.5 Å². The maximum Gasteiger partial charge on any atom is 0.327 e. The van der Waals surface area contributed by atoms with Gasteiger partial charge in [-0.25, -0.2) is 9.78 Å². The fraction of sp³-hybridized carbons (Fsp3) is 0.529. The van der Waals surface area contributed by atoms with Crippen molar-refractivity contribution in [3.05, 3.63) is 18.2 Å². The number of nitrogens with two attached hydrogens (primary N) is 2. The van der Waals surface area contributed by atoms with Crippen LogP contribution >= 0.6 is 12.6 Å². The summed E-state index contributed by atoms with van der Waals surface area (Å²) in [6, 6.07) is -5.55. The number of aliphatic hydroxyl groups is 1. The van der Waals surface area contributed by atoms with Gasteiger partial charge in [0.1, 0.15) is 18.1 Å². The van der Waals surface area contributed by atoms with E-state index in [0.717, 1.165) is 0 Å². The van der Waals surface area contributed by atoms with Crippen LogP contribution in [0.2, 0.25) is 0 Å². The Labute approximate surface area is 188 Å². The zero-order chi connectivity index (χ0) is 24.4. The lowest BCUT2D eigenvalue weighted by Gasteiger charge is -2.26. The molecule has 0 aliphatic heterocycles. The van der Waals surface area contributed by atoms with Gasteiger partial charge in [0, 0.05) is 24.1 Å². The molecule has 1 aromatic heterocycles. The number of H-pyrrole nitrogens is 1. The van der Waals surface area contributed by atoms with Crippen molar-refractivity contribution in [1.29, 1.82) is 0 Å². The number of carbonyl (C=O) groups is 5. The number of carbonyl (C=O) groups excluding carboxylic acids is 4. The van der Waals surface area contributed by atoms with Gasteiger partial charge in [0.25, 0.3) is 0 Å². The normalized spacial score (nSPS) is 15.5. The molecule has 5 unspecified atom stereocenters. The van der Waals surface area contributed by atoms with Crippen molar-refractivity contribution in [3.63, 3.8) is 0 Å². The fourth-order valence-electron chi connectivity index (χ4n) is 2.52. The number of aromatic nitrogens is 2. The van der Waals surface area contributed by atoms with Crippen molar-refractivity contribution in [2.45, 2.75) is 50.0 Å². The molecule has 0 saturated heterocycles. The van der Waals surface area contributed by atoms with E-state index in [-0.39, 0.29) is 12.2 Å². The number of carboxylic acids is 1. The summed E-state index contributed by atoms with van der Waals surface area (Å²) < 4.78 is 0. The van der Waals surface area contributed by atoms with E-state index < -0.39 is 66.3 Å². The Morgan fingerprint density at radius 1 is 1.12 bits per heavy atom. The molecule has 0 fully saturated rings. The number of nitrogens with zero attached hydrogens (tertiary/aromatic N) is 1. The molecule has 0 aliphatic carbocycles. The first-order chi connectivity index (χ1) is 15.0. The first-order valence-corrected chi connectivity index (χ1v) is 10.0. The van der Waals surface area contributed by atoms with Crippen LogP contribution in [0, 0.1) is 0 Å². The van der Waals surface area contributed by atoms with Gasteiger partial charge in [-0.15, -0.1) is 0 Å². The molecule has 4 amide bonds. The van der Waals surface area contributed by atoms with Gasteiger partial charge in [0.15, 0.2) is 0 Å². The lowest BCUT2D eigenvalue weighted by molar-refractivity contribution is -0.142. The number of carboxylic acid groups (broad SMARTS) is 1. The molecular formula is C17H27N7O7S. The van der Waals surface area contributed by atoms with Crippen LogP contribution in [0.5, 0.6) is 0 Å². The first kappa shape index (κ1) is 26.9. The molecule has 5 atom stereocenters. The first-order valence-electron chi connectivity index (χ1n) is 9.40. The minimum absolute atomic E-state index is 0.0652. The Balaban J connectivity index is 2.89. The van der Waals surface area contributed by atoms with Crippen LogP contribution in [0.4, 0.5) is 0 Å². The van der Waals surface area contributed by atoms with Gasteiger partial charge in [-0.2, -0.15) is 12.6 Å². The monoisotopic (exact) mass is 473 g/mol. The van der Waals surface area contributed by atoms with Crippen molar-refractivity contribution in [1.82, 2.24) is 25.9 Å². The predicted molar refractivity (Wildman–Crippen MR) is 113 cm³/mol. The summed E-state index contributed by atoms with van der Waals surface area (Å²) in [5.41, 5.74) is 11.5. The molecule has 0 radical (unpaired) electrons. The van der Waals surface area contributed by atoms with Gasteiger partial charge in [0.2, 0.25) is 23.6 Å². The van der Waals surface area contributed by atoms with Crippen LogP contribution in [-0.4, -0.2) is 85.8 Å². The summed E-state index contributed by atoms with van der Waals surface area (Å²) in [6.45, 7) is 1.18. The lowest BCUT2D eigenvalue weighted by atomic mass is 10.1. The Morgan fingerprint density at radius 2 is 1.75 bits per heavy atom. The quantitative estimate of drug-likeness (QED) is 0.127. The Morgan fingerprint density at radius 3 is 2.22 bits per heavy atom. The highest BCUT2D eigenvalue weighted by molar-refractivity contribution is 7.80. The van der Waals surface area contributed by atoms with E-state index in [0.29, 0.717) is 5.69 Å². The van der Waals surface area contributed by atoms with E-state index in [9.17, 15) is 29.1 Å². The van der Waals surface area contributed by atoms with Gasteiger partial charge in [-0.1, -0.05) is 0 Å². The fourth-order valence-corrected chi connectivity index (χ4v) is 2.77. The minimum atomic E-state index is -1.59. The number of rotatable bonds is 13. The van der Waals surface area contributed by atoms with Crippen LogP contribution in [0.25, 0.3) is 0 Å². The second-order valence-corrected chi connectivity index (χ2v) is 7.29. The van der Waals surface area contributed by atoms with E-state index in [1.807, 2.05) is 0 Å². The van der Waals surface area contributed by atoms with Crippen LogP contribution in [0.15, 0.2) is 12.5 Å². The number of aromatic amines is 1. The average molecular weight is 474 g/mol. The summed E-state index contributed by atoms with van der Waals surface area (Å²) in [6.07, 6.45) is 0.864. The molecule has 178 valence electrons. The molecule has 1 aromatic rings. The predicted octanol–water partition coefficient (Wildman–Crippen LogP) is -4.00. The molecule has 1 heterocycles. The van der Waals surface area contributed by atoms with Gasteiger partial charge >= 0.3 is 5.97 Å². The molecule has 0 aliphatic rings. The number of hydrogen-bond donors (Lipinski definition) is 9. The molecule has 15 heteroatoms. The second kappa shape index (κ2) is 12.6. The highest BCUT2D eigenvalue weighted by Crippen LogP contribution is 2.02. The van der Waals surface area contributed by atoms with Crippen LogP contribution < -0.4 is 27.4 Å². The highest BCUT2D eigenvalue weighted by atomic mass is 32.1. The number of aliphatic hydroxyl groups excluding tert-OH is 1. The minimum Gasteiger partial charge on any atom is -0.480 e. The molecule has 14 nitrogen and oxygen atoms in total. The lowest BCUT2D eigenvalue weighted by Crippen LogP contribution is -2.60. The molecule has 0 saturated carbocycles. The zero-order valence-electron chi connectivity index (χ0n) is 17.1. The van der Waals surface area contributed by atoms with Crippen molar-refractivity contribution in [2.24, 2.45) is 11.5 Å². The van der Waals surface area contributed by atoms with Crippen molar-refractivity contribution >= 4 is 42.2 Å². The molecule has 10 N–H and O–H groups in total. The summed E-state index contributed by atoms with van der Waals surface area (Å²) in [7, 11) is 0. The topological polar surface area (TPSA) is 243 Å². The zero-order valence-corrected chi connectivity index (χ0v) is 18.0. The Bertz CT molecular complexity index is 818. The smallest absolute Gasteiger partial charge is 0.327 e. The van der Waals surface area contributed by atoms with Crippen molar-refractivity contribution in [3.8, 4) is 0 Å². The van der Waals surface area contributed by atoms with E-state index in [1.54, 1.807) is 0 Å². The van der Waals surface area contributed by atoms with E-state index >= 15 is 0 Å². The molecule has 0 bridgehead atoms. The van der Waals surface area contributed by atoms with Gasteiger partial charge in [-0.3, -0.25) is 19.2 Å². The summed E-state index contributed by atoms with van der Waals surface area (Å²) in [5.74, 6) is -5.32. The van der Waals surface area contributed by atoms with Gasteiger partial charge in [-0.05, 0) is 6.92 Å². The van der Waals surface area contributed by atoms with Gasteiger partial charge < -0.3 is 42.6 Å². The van der Waals surface area contributed by atoms with Crippen molar-refractivity contribution < 1.29 is 34.2 Å². The average Bonchev–Trinajstić information content (AvgIpc) is 3.21. The highest BCUT2D eigenvalue weighted by Gasteiger charge is 2.33. The number of imidazole rings is 1. The third-order valence-corrected chi connectivity index (χ3v) is 4.59. The summed E-state index contributed by atoms with van der Waals surface area (Å²) >= 11 is 3.82. The van der Waals surface area contributed by atoms with Crippen molar-refractivity contribution in [2.75, 3.05) is 5.75 Å². The molecule has 1 rings (SSSR count). The van der Waals surface area contributed by atoms with E-state index in [1.165, 1.54) is 19.4 Å². The number of thiol groups is 1. The largest absolute Gasteiger partial charge is 0.480 e. The van der Waals surface area contributed by atoms with Gasteiger partial charge in [0.05, 0.1) is 24.9 Å². The SMILES string of the molecule is CC(O)C(NC(=O)C(CC(N)=O)NC(=O)C(N)Cc1cnc[nH]1)C(=O)NC(CS)C(=O)O. The summed E-state index contributed by atoms with van der Waals surface area (Å²) in [4.78, 5) is 66.4. The number of amides is 4. The maximum atomic E-state index is 12.6. The Hall–Kier alpha value is -3.17. The van der Waals surface area contributed by atoms with Crippen LogP contribution in [-0.2, 0) is 30.4 Å². The maximum absolute atomic E-state index is 12.6. The molecule has 0 spiro atoms. The summed E-state index contributed by atoms with van der Waals surface area (Å²) in [5, 5.41) is 25.5. The van der Waals surface area contributed by atoms with Crippen LogP contribution in [0.3, 0.4) is 0 Å². The van der Waals surface area contributed by atoms with E-state index in [4.69, 9.17) is 16.6 Å². The van der Waals surface area contributed by atoms with Crippen LogP contribution in [0.1, 0.15) is 19.0 Å². The second-order valence-electron chi connectivity index (χ2n) is 6.93. The third-order valence-electron chi connectivity index (χ3n) is 4.23. The standard InChI is InChI=1S/C17H27N7O7S/c1-7(25)13(16(29)23-11(5-32)17(30)31)24-15(28)10(3-12(19)26)22-14(27)9(18)2-8-4-20-6-21-8/h4,6-7,9-11,13,25,32H,2-3,5,18H2,1H3,(H2,19,26)(H,20,21)(H,22,27)(H,23,29)(H,24,28)(H,30,31).